The van der Waals surface area contributed by atoms with E-state index < -0.39 is 22.4 Å². The Kier molecular flexibility index (Phi) is 4.60. The number of rotatable bonds is 4. The lowest BCUT2D eigenvalue weighted by atomic mass is 10.2. The van der Waals surface area contributed by atoms with Crippen LogP contribution in [0.1, 0.15) is 11.1 Å². The quantitative estimate of drug-likeness (QED) is 0.861. The zero-order valence-electron chi connectivity index (χ0n) is 11.0. The Bertz CT molecular complexity index is 781. The van der Waals surface area contributed by atoms with Gasteiger partial charge in [-0.15, -0.1) is 0 Å². The third-order valence-corrected chi connectivity index (χ3v) is 5.04. The minimum atomic E-state index is -4.04. The van der Waals surface area contributed by atoms with E-state index in [9.17, 15) is 17.9 Å². The number of aromatic nitrogens is 1. The van der Waals surface area contributed by atoms with Crippen LogP contribution in [-0.4, -0.2) is 18.5 Å². The molecule has 0 radical (unpaired) electrons. The monoisotopic (exact) mass is 374 g/mol. The molecule has 2 rings (SSSR count). The number of hydrogen-bond donors (Lipinski definition) is 2. The Balaban J connectivity index is 2.42. The number of anilines is 1. The first-order valence-corrected chi connectivity index (χ1v) is 8.15. The summed E-state index contributed by atoms with van der Waals surface area (Å²) in [6, 6.07) is 4.72. The number of halogens is 2. The van der Waals surface area contributed by atoms with E-state index in [1.54, 1.807) is 13.0 Å². The molecule has 0 bridgehead atoms. The molecule has 0 saturated heterocycles. The van der Waals surface area contributed by atoms with E-state index in [-0.39, 0.29) is 16.3 Å². The maximum absolute atomic E-state index is 13.3. The Hall–Kier alpha value is -1.51. The second kappa shape index (κ2) is 6.08. The van der Waals surface area contributed by atoms with Crippen LogP contribution in [0.25, 0.3) is 0 Å². The zero-order chi connectivity index (χ0) is 15.6. The van der Waals surface area contributed by atoms with E-state index in [1.807, 2.05) is 0 Å². The summed E-state index contributed by atoms with van der Waals surface area (Å²) < 4.78 is 40.9. The summed E-state index contributed by atoms with van der Waals surface area (Å²) in [6.07, 6.45) is 1.46. The number of sulfonamides is 1. The lowest BCUT2D eigenvalue weighted by molar-refractivity contribution is 0.278. The molecule has 1 aromatic heterocycles. The first-order chi connectivity index (χ1) is 9.83. The van der Waals surface area contributed by atoms with E-state index >= 15 is 0 Å². The molecular formula is C13H12BrFN2O3S. The van der Waals surface area contributed by atoms with E-state index in [1.165, 1.54) is 12.3 Å². The second-order valence-electron chi connectivity index (χ2n) is 4.33. The van der Waals surface area contributed by atoms with Gasteiger partial charge < -0.3 is 5.11 Å². The zero-order valence-corrected chi connectivity index (χ0v) is 13.4. The van der Waals surface area contributed by atoms with Crippen molar-refractivity contribution in [2.24, 2.45) is 0 Å². The van der Waals surface area contributed by atoms with Gasteiger partial charge in [-0.1, -0.05) is 6.07 Å². The van der Waals surface area contributed by atoms with Crippen LogP contribution in [0.5, 0.6) is 0 Å². The van der Waals surface area contributed by atoms with Crippen molar-refractivity contribution < 1.29 is 17.9 Å². The fourth-order valence-corrected chi connectivity index (χ4v) is 3.16. The van der Waals surface area contributed by atoms with Crippen LogP contribution in [0, 0.1) is 12.7 Å². The fraction of sp³-hybridized carbons (Fsp3) is 0.154. The van der Waals surface area contributed by atoms with Crippen molar-refractivity contribution in [3.05, 3.63) is 51.9 Å². The molecule has 0 saturated carbocycles. The smallest absolute Gasteiger partial charge is 0.263 e. The van der Waals surface area contributed by atoms with Gasteiger partial charge in [-0.3, -0.25) is 4.72 Å². The molecule has 8 heteroatoms. The molecule has 1 heterocycles. The summed E-state index contributed by atoms with van der Waals surface area (Å²) in [7, 11) is -4.04. The highest BCUT2D eigenvalue weighted by Crippen LogP contribution is 2.22. The standard InChI is InChI=1S/C13H12BrFN2O3S/c1-8-4-13(16-6-11(8)14)17-21(19,20)12-5-10(15)3-2-9(12)7-18/h2-6,18H,7H2,1H3,(H,16,17). The average Bonchev–Trinajstić information content (AvgIpc) is 2.42. The van der Waals surface area contributed by atoms with E-state index in [4.69, 9.17) is 0 Å². The van der Waals surface area contributed by atoms with Crippen molar-refractivity contribution in [2.75, 3.05) is 4.72 Å². The van der Waals surface area contributed by atoms with Crippen LogP contribution in [0.2, 0.25) is 0 Å². The van der Waals surface area contributed by atoms with Gasteiger partial charge in [0.15, 0.2) is 0 Å². The number of hydrogen-bond acceptors (Lipinski definition) is 4. The first-order valence-electron chi connectivity index (χ1n) is 5.88. The topological polar surface area (TPSA) is 79.3 Å². The maximum atomic E-state index is 13.3. The minimum Gasteiger partial charge on any atom is -0.392 e. The fourth-order valence-electron chi connectivity index (χ4n) is 1.70. The Morgan fingerprint density at radius 3 is 2.71 bits per heavy atom. The van der Waals surface area contributed by atoms with E-state index in [0.717, 1.165) is 22.2 Å². The van der Waals surface area contributed by atoms with Crippen LogP contribution in [0.4, 0.5) is 10.2 Å². The molecule has 2 N–H and O–H groups in total. The van der Waals surface area contributed by atoms with Gasteiger partial charge in [-0.25, -0.2) is 17.8 Å². The molecule has 0 aliphatic rings. The molecule has 21 heavy (non-hydrogen) atoms. The largest absolute Gasteiger partial charge is 0.392 e. The summed E-state index contributed by atoms with van der Waals surface area (Å²) in [4.78, 5) is 3.62. The SMILES string of the molecule is Cc1cc(NS(=O)(=O)c2cc(F)ccc2CO)ncc1Br. The highest BCUT2D eigenvalue weighted by atomic mass is 79.9. The van der Waals surface area contributed by atoms with E-state index in [0.29, 0.717) is 0 Å². The molecule has 0 unspecified atom stereocenters. The molecule has 0 amide bonds. The number of pyridine rings is 1. The Labute approximate surface area is 130 Å². The predicted molar refractivity (Wildman–Crippen MR) is 79.8 cm³/mol. The number of aliphatic hydroxyl groups is 1. The molecule has 0 aliphatic carbocycles. The Morgan fingerprint density at radius 1 is 1.38 bits per heavy atom. The summed E-state index contributed by atoms with van der Waals surface area (Å²) >= 11 is 3.26. The van der Waals surface area contributed by atoms with Gasteiger partial charge in [0.1, 0.15) is 11.6 Å². The molecule has 1 aromatic carbocycles. The third kappa shape index (κ3) is 3.58. The molecule has 0 atom stereocenters. The molecule has 2 aromatic rings. The summed E-state index contributed by atoms with van der Waals surface area (Å²) in [6.45, 7) is 1.27. The van der Waals surface area contributed by atoms with Crippen molar-refractivity contribution in [3.8, 4) is 0 Å². The maximum Gasteiger partial charge on any atom is 0.263 e. The number of aryl methyl sites for hydroxylation is 1. The van der Waals surface area contributed by atoms with Crippen molar-refractivity contribution >= 4 is 31.8 Å². The molecule has 112 valence electrons. The molecule has 5 nitrogen and oxygen atoms in total. The lowest BCUT2D eigenvalue weighted by Crippen LogP contribution is -2.16. The molecular weight excluding hydrogens is 363 g/mol. The number of nitrogens with zero attached hydrogens (tertiary/aromatic N) is 1. The van der Waals surface area contributed by atoms with Gasteiger partial charge in [-0.05, 0) is 52.2 Å². The minimum absolute atomic E-state index is 0.109. The van der Waals surface area contributed by atoms with Crippen LogP contribution >= 0.6 is 15.9 Å². The first kappa shape index (κ1) is 15.9. The van der Waals surface area contributed by atoms with Crippen LogP contribution < -0.4 is 4.72 Å². The van der Waals surface area contributed by atoms with Gasteiger partial charge in [0, 0.05) is 10.7 Å². The number of aliphatic hydroxyl groups excluding tert-OH is 1. The highest BCUT2D eigenvalue weighted by molar-refractivity contribution is 9.10. The Morgan fingerprint density at radius 2 is 2.10 bits per heavy atom. The summed E-state index contributed by atoms with van der Waals surface area (Å²) in [5.74, 6) is -0.587. The number of nitrogens with one attached hydrogen (secondary N) is 1. The van der Waals surface area contributed by atoms with E-state index in [2.05, 4.69) is 25.6 Å². The van der Waals surface area contributed by atoms with Crippen molar-refractivity contribution in [1.29, 1.82) is 0 Å². The van der Waals surface area contributed by atoms with Gasteiger partial charge in [0.05, 0.1) is 11.5 Å². The number of benzene rings is 1. The summed E-state index contributed by atoms with van der Waals surface area (Å²) in [5.41, 5.74) is 0.905. The van der Waals surface area contributed by atoms with Gasteiger partial charge >= 0.3 is 0 Å². The van der Waals surface area contributed by atoms with Crippen LogP contribution in [-0.2, 0) is 16.6 Å². The highest BCUT2D eigenvalue weighted by Gasteiger charge is 2.20. The van der Waals surface area contributed by atoms with Crippen molar-refractivity contribution in [2.45, 2.75) is 18.4 Å². The van der Waals surface area contributed by atoms with Gasteiger partial charge in [-0.2, -0.15) is 0 Å². The van der Waals surface area contributed by atoms with Crippen LogP contribution in [0.15, 0.2) is 39.8 Å². The summed E-state index contributed by atoms with van der Waals surface area (Å²) in [5, 5.41) is 9.18. The lowest BCUT2D eigenvalue weighted by Gasteiger charge is -2.11. The van der Waals surface area contributed by atoms with Crippen LogP contribution in [0.3, 0.4) is 0 Å². The molecule has 0 fully saturated rings. The molecule has 0 spiro atoms. The van der Waals surface area contributed by atoms with Crippen molar-refractivity contribution in [1.82, 2.24) is 4.98 Å². The average molecular weight is 375 g/mol. The molecule has 0 aliphatic heterocycles. The van der Waals surface area contributed by atoms with Crippen molar-refractivity contribution in [3.63, 3.8) is 0 Å². The second-order valence-corrected chi connectivity index (χ2v) is 6.84. The van der Waals surface area contributed by atoms with Gasteiger partial charge in [0.25, 0.3) is 10.0 Å². The third-order valence-electron chi connectivity index (χ3n) is 2.77. The van der Waals surface area contributed by atoms with Gasteiger partial charge in [0.2, 0.25) is 0 Å². The predicted octanol–water partition coefficient (Wildman–Crippen LogP) is 2.58. The normalized spacial score (nSPS) is 11.4.